The van der Waals surface area contributed by atoms with E-state index in [0.29, 0.717) is 5.69 Å². The van der Waals surface area contributed by atoms with Crippen LogP contribution in [0, 0.1) is 0 Å². The van der Waals surface area contributed by atoms with Gasteiger partial charge in [-0.05, 0) is 42.5 Å². The van der Waals surface area contributed by atoms with E-state index in [0.717, 1.165) is 0 Å². The van der Waals surface area contributed by atoms with Gasteiger partial charge in [-0.15, -0.1) is 0 Å². The molecule has 0 radical (unpaired) electrons. The maximum atomic E-state index is 11.9. The highest BCUT2D eigenvalue weighted by Gasteiger charge is 2.12. The summed E-state index contributed by atoms with van der Waals surface area (Å²) in [5.41, 5.74) is 0.382. The summed E-state index contributed by atoms with van der Waals surface area (Å²) in [7, 11) is -2.46. The lowest BCUT2D eigenvalue weighted by atomic mass is 10.2. The molecular weight excluding hydrogens is 364 g/mol. The average Bonchev–Trinajstić information content (AvgIpc) is 2.59. The van der Waals surface area contributed by atoms with Crippen LogP contribution in [0.1, 0.15) is 10.4 Å². The van der Waals surface area contributed by atoms with Crippen LogP contribution in [0.3, 0.4) is 0 Å². The topological polar surface area (TPSA) is 145 Å². The van der Waals surface area contributed by atoms with Crippen molar-refractivity contribution in [2.24, 2.45) is 5.14 Å². The predicted molar refractivity (Wildman–Crippen MR) is 91.9 cm³/mol. The molecule has 0 spiro atoms. The molecule has 2 aromatic rings. The number of nitrogens with two attached hydrogens (primary N) is 1. The van der Waals surface area contributed by atoms with Crippen LogP contribution in [-0.2, 0) is 14.8 Å². The SMILES string of the molecule is COc1cc(C(=O)O)ccc1OCC(=O)Nc1ccc(S(N)(=O)=O)cc1. The largest absolute Gasteiger partial charge is 0.493 e. The molecule has 0 aromatic heterocycles. The Morgan fingerprint density at radius 1 is 1.12 bits per heavy atom. The van der Waals surface area contributed by atoms with E-state index in [4.69, 9.17) is 19.7 Å². The Kier molecular flexibility index (Phi) is 5.80. The third-order valence-electron chi connectivity index (χ3n) is 3.24. The van der Waals surface area contributed by atoms with Crippen LogP contribution < -0.4 is 19.9 Å². The quantitative estimate of drug-likeness (QED) is 0.651. The van der Waals surface area contributed by atoms with Gasteiger partial charge in [0.25, 0.3) is 5.91 Å². The van der Waals surface area contributed by atoms with E-state index < -0.39 is 21.9 Å². The second-order valence-electron chi connectivity index (χ2n) is 5.08. The monoisotopic (exact) mass is 380 g/mol. The second kappa shape index (κ2) is 7.85. The predicted octanol–water partition coefficient (Wildman–Crippen LogP) is 1.06. The summed E-state index contributed by atoms with van der Waals surface area (Å²) in [6, 6.07) is 9.29. The Balaban J connectivity index is 1.99. The Labute approximate surface area is 149 Å². The number of carboxylic acids is 1. The van der Waals surface area contributed by atoms with Gasteiger partial charge in [-0.25, -0.2) is 18.4 Å². The molecule has 0 atom stereocenters. The third-order valence-corrected chi connectivity index (χ3v) is 4.17. The van der Waals surface area contributed by atoms with Crippen LogP contribution in [0.4, 0.5) is 5.69 Å². The lowest BCUT2D eigenvalue weighted by Crippen LogP contribution is -2.20. The highest BCUT2D eigenvalue weighted by atomic mass is 32.2. The van der Waals surface area contributed by atoms with Gasteiger partial charge in [0.2, 0.25) is 10.0 Å². The van der Waals surface area contributed by atoms with Gasteiger partial charge >= 0.3 is 5.97 Å². The number of sulfonamides is 1. The van der Waals surface area contributed by atoms with Crippen molar-refractivity contribution in [1.82, 2.24) is 0 Å². The maximum absolute atomic E-state index is 11.9. The summed E-state index contributed by atoms with van der Waals surface area (Å²) in [6.45, 7) is -0.361. The summed E-state index contributed by atoms with van der Waals surface area (Å²) in [5, 5.41) is 16.5. The first kappa shape index (κ1) is 19.2. The van der Waals surface area contributed by atoms with Crippen LogP contribution in [-0.4, -0.2) is 39.1 Å². The van der Waals surface area contributed by atoms with Crippen LogP contribution in [0.5, 0.6) is 11.5 Å². The second-order valence-corrected chi connectivity index (χ2v) is 6.64. The highest BCUT2D eigenvalue weighted by molar-refractivity contribution is 7.89. The number of carbonyl (C=O) groups excluding carboxylic acids is 1. The number of hydrogen-bond donors (Lipinski definition) is 3. The van der Waals surface area contributed by atoms with Crippen LogP contribution >= 0.6 is 0 Å². The number of ether oxygens (including phenoxy) is 2. The van der Waals surface area contributed by atoms with Crippen molar-refractivity contribution >= 4 is 27.6 Å². The van der Waals surface area contributed by atoms with Crippen molar-refractivity contribution in [3.05, 3.63) is 48.0 Å². The van der Waals surface area contributed by atoms with Gasteiger partial charge in [0.05, 0.1) is 17.6 Å². The lowest BCUT2D eigenvalue weighted by molar-refractivity contribution is -0.118. The number of nitrogens with one attached hydrogen (secondary N) is 1. The molecule has 0 unspecified atom stereocenters. The smallest absolute Gasteiger partial charge is 0.335 e. The number of aromatic carboxylic acids is 1. The van der Waals surface area contributed by atoms with Gasteiger partial charge in [0.1, 0.15) is 0 Å². The molecule has 26 heavy (non-hydrogen) atoms. The molecule has 138 valence electrons. The zero-order valence-electron chi connectivity index (χ0n) is 13.6. The molecular formula is C16H16N2O7S. The van der Waals surface area contributed by atoms with Crippen molar-refractivity contribution in [3.63, 3.8) is 0 Å². The van der Waals surface area contributed by atoms with Crippen LogP contribution in [0.2, 0.25) is 0 Å². The number of benzene rings is 2. The number of primary sulfonamides is 1. The van der Waals surface area contributed by atoms with E-state index in [1.165, 1.54) is 49.6 Å². The third kappa shape index (κ3) is 4.94. The fourth-order valence-electron chi connectivity index (χ4n) is 1.99. The van der Waals surface area contributed by atoms with E-state index in [-0.39, 0.29) is 28.6 Å². The number of carbonyl (C=O) groups is 2. The summed E-state index contributed by atoms with van der Waals surface area (Å²) >= 11 is 0. The molecule has 10 heteroatoms. The van der Waals surface area contributed by atoms with E-state index in [1.54, 1.807) is 0 Å². The molecule has 0 aliphatic rings. The molecule has 2 rings (SSSR count). The first-order chi connectivity index (χ1) is 12.2. The van der Waals surface area contributed by atoms with Gasteiger partial charge in [0.15, 0.2) is 18.1 Å². The van der Waals surface area contributed by atoms with Crippen molar-refractivity contribution in [2.45, 2.75) is 4.90 Å². The molecule has 0 heterocycles. The Morgan fingerprint density at radius 2 is 1.77 bits per heavy atom. The van der Waals surface area contributed by atoms with Gasteiger partial charge in [0, 0.05) is 5.69 Å². The molecule has 0 saturated heterocycles. The Hall–Kier alpha value is -3.11. The Bertz CT molecular complexity index is 924. The van der Waals surface area contributed by atoms with Crippen molar-refractivity contribution in [2.75, 3.05) is 19.0 Å². The van der Waals surface area contributed by atoms with E-state index in [9.17, 15) is 18.0 Å². The van der Waals surface area contributed by atoms with Gasteiger partial charge < -0.3 is 19.9 Å². The average molecular weight is 380 g/mol. The van der Waals surface area contributed by atoms with Gasteiger partial charge in [-0.1, -0.05) is 0 Å². The first-order valence-electron chi connectivity index (χ1n) is 7.17. The van der Waals surface area contributed by atoms with E-state index in [2.05, 4.69) is 5.32 Å². The summed E-state index contributed by atoms with van der Waals surface area (Å²) in [5.74, 6) is -1.24. The summed E-state index contributed by atoms with van der Waals surface area (Å²) in [6.07, 6.45) is 0. The standard InChI is InChI=1S/C16H16N2O7S/c1-24-14-8-10(16(20)21)2-7-13(14)25-9-15(19)18-11-3-5-12(6-4-11)26(17,22)23/h2-8H,9H2,1H3,(H,18,19)(H,20,21)(H2,17,22,23). The number of rotatable bonds is 7. The number of hydrogen-bond acceptors (Lipinski definition) is 6. The number of anilines is 1. The number of methoxy groups -OCH3 is 1. The summed E-state index contributed by atoms with van der Waals surface area (Å²) < 4.78 is 32.7. The van der Waals surface area contributed by atoms with Gasteiger partial charge in [-0.2, -0.15) is 0 Å². The molecule has 9 nitrogen and oxygen atoms in total. The molecule has 0 aliphatic carbocycles. The van der Waals surface area contributed by atoms with Crippen molar-refractivity contribution in [3.8, 4) is 11.5 Å². The normalized spacial score (nSPS) is 10.8. The molecule has 4 N–H and O–H groups in total. The van der Waals surface area contributed by atoms with Crippen molar-refractivity contribution in [1.29, 1.82) is 0 Å². The summed E-state index contributed by atoms with van der Waals surface area (Å²) in [4.78, 5) is 22.8. The molecule has 0 fully saturated rings. The number of carboxylic acid groups (broad SMARTS) is 1. The number of amides is 1. The molecule has 0 aliphatic heterocycles. The first-order valence-corrected chi connectivity index (χ1v) is 8.72. The van der Waals surface area contributed by atoms with E-state index in [1.807, 2.05) is 0 Å². The van der Waals surface area contributed by atoms with Crippen molar-refractivity contribution < 1.29 is 32.6 Å². The van der Waals surface area contributed by atoms with E-state index >= 15 is 0 Å². The zero-order chi connectivity index (χ0) is 19.3. The fourth-order valence-corrected chi connectivity index (χ4v) is 2.50. The minimum Gasteiger partial charge on any atom is -0.493 e. The van der Waals surface area contributed by atoms with Crippen LogP contribution in [0.25, 0.3) is 0 Å². The minimum atomic E-state index is -3.80. The minimum absolute atomic E-state index is 0.0218. The molecule has 1 amide bonds. The molecule has 0 saturated carbocycles. The zero-order valence-corrected chi connectivity index (χ0v) is 14.4. The van der Waals surface area contributed by atoms with Gasteiger partial charge in [-0.3, -0.25) is 4.79 Å². The maximum Gasteiger partial charge on any atom is 0.335 e. The lowest BCUT2D eigenvalue weighted by Gasteiger charge is -2.11. The fraction of sp³-hybridized carbons (Fsp3) is 0.125. The van der Waals surface area contributed by atoms with Crippen LogP contribution in [0.15, 0.2) is 47.4 Å². The highest BCUT2D eigenvalue weighted by Crippen LogP contribution is 2.28. The Morgan fingerprint density at radius 3 is 2.31 bits per heavy atom. The molecule has 2 aromatic carbocycles. The molecule has 0 bridgehead atoms.